The fourth-order valence-corrected chi connectivity index (χ4v) is 7.54. The molecule has 25 heavy (non-hydrogen) atoms. The number of sulfonamides is 1. The maximum Gasteiger partial charge on any atom is 0.257 e. The molecule has 0 amide bonds. The van der Waals surface area contributed by atoms with Crippen LogP contribution in [-0.2, 0) is 31.9 Å². The van der Waals surface area contributed by atoms with Crippen LogP contribution in [0.2, 0.25) is 0 Å². The van der Waals surface area contributed by atoms with Gasteiger partial charge in [0, 0.05) is 6.42 Å². The highest BCUT2D eigenvalue weighted by Crippen LogP contribution is 2.46. The summed E-state index contributed by atoms with van der Waals surface area (Å²) in [7, 11) is -3.95. The van der Waals surface area contributed by atoms with E-state index in [0.29, 0.717) is 17.5 Å². The summed E-state index contributed by atoms with van der Waals surface area (Å²) in [6, 6.07) is 10.8. The van der Waals surface area contributed by atoms with Crippen LogP contribution in [0.5, 0.6) is 0 Å². The summed E-state index contributed by atoms with van der Waals surface area (Å²) in [5, 5.41) is 0. The average molecular weight is 377 g/mol. The zero-order valence-corrected chi connectivity index (χ0v) is 15.9. The molecule has 2 aromatic carbocycles. The minimum absolute atomic E-state index is 0.222. The molecule has 1 fully saturated rings. The monoisotopic (exact) mass is 377 g/mol. The summed E-state index contributed by atoms with van der Waals surface area (Å²) in [6.07, 6.45) is 0.170. The molecule has 4 rings (SSSR count). The van der Waals surface area contributed by atoms with E-state index in [1.54, 1.807) is 13.8 Å². The van der Waals surface area contributed by atoms with Gasteiger partial charge in [-0.15, -0.1) is 0 Å². The van der Waals surface area contributed by atoms with Crippen molar-refractivity contribution in [2.24, 2.45) is 0 Å². The molecule has 0 bridgehead atoms. The predicted octanol–water partition coefficient (Wildman–Crippen LogP) is 2.88. The minimum Gasteiger partial charge on any atom is -0.272 e. The lowest BCUT2D eigenvalue weighted by atomic mass is 10.1. The fourth-order valence-electron chi connectivity index (χ4n) is 4.01. The quantitative estimate of drug-likeness (QED) is 0.807. The van der Waals surface area contributed by atoms with E-state index in [1.165, 1.54) is 0 Å². The molecular formula is C18H19NO4S2. The van der Waals surface area contributed by atoms with Crippen LogP contribution in [0.3, 0.4) is 0 Å². The molecule has 2 aromatic rings. The SMILES string of the molecule is Cc1cc(C)c(S(=O)(=O)N2C3c4ccccc4C[C@@H]3OS2=O)c(C)c1. The van der Waals surface area contributed by atoms with E-state index in [9.17, 15) is 12.6 Å². The number of aryl methyl sites for hydroxylation is 3. The summed E-state index contributed by atoms with van der Waals surface area (Å²) in [5.74, 6) is 0. The molecule has 0 spiro atoms. The predicted molar refractivity (Wildman–Crippen MR) is 95.6 cm³/mol. The van der Waals surface area contributed by atoms with Crippen molar-refractivity contribution in [3.05, 3.63) is 64.2 Å². The third-order valence-electron chi connectivity index (χ3n) is 4.83. The van der Waals surface area contributed by atoms with E-state index >= 15 is 0 Å². The van der Waals surface area contributed by atoms with E-state index in [0.717, 1.165) is 20.4 Å². The molecule has 0 saturated carbocycles. The Morgan fingerprint density at radius 3 is 2.44 bits per heavy atom. The van der Waals surface area contributed by atoms with Crippen molar-refractivity contribution in [3.8, 4) is 0 Å². The number of benzene rings is 2. The fraction of sp³-hybridized carbons (Fsp3) is 0.333. The number of hydrogen-bond acceptors (Lipinski definition) is 4. The van der Waals surface area contributed by atoms with Crippen molar-refractivity contribution in [3.63, 3.8) is 0 Å². The van der Waals surface area contributed by atoms with Crippen molar-refractivity contribution in [2.45, 2.75) is 44.2 Å². The zero-order valence-electron chi connectivity index (χ0n) is 14.2. The Bertz CT molecular complexity index is 977. The first-order valence-electron chi connectivity index (χ1n) is 8.10. The van der Waals surface area contributed by atoms with Gasteiger partial charge in [-0.05, 0) is 43.0 Å². The first-order valence-corrected chi connectivity index (χ1v) is 10.6. The topological polar surface area (TPSA) is 63.7 Å². The third-order valence-corrected chi connectivity index (χ3v) is 8.57. The molecule has 7 heteroatoms. The van der Waals surface area contributed by atoms with Crippen LogP contribution < -0.4 is 0 Å². The van der Waals surface area contributed by atoms with Gasteiger partial charge < -0.3 is 0 Å². The zero-order chi connectivity index (χ0) is 17.9. The standard InChI is InChI=1S/C18H19NO4S2/c1-11-8-12(2)18(13(3)9-11)25(21,22)19-17-15-7-5-4-6-14(15)10-16(17)23-24(19)20/h4-9,16-17H,10H2,1-3H3/t16-,17?,24?/m0/s1. The smallest absolute Gasteiger partial charge is 0.257 e. The summed E-state index contributed by atoms with van der Waals surface area (Å²) >= 11 is -2.02. The molecule has 1 saturated heterocycles. The number of fused-ring (bicyclic) bond motifs is 3. The Hall–Kier alpha value is -1.54. The lowest BCUT2D eigenvalue weighted by molar-refractivity contribution is 0.230. The molecule has 1 aliphatic heterocycles. The number of rotatable bonds is 2. The van der Waals surface area contributed by atoms with Gasteiger partial charge in [0.15, 0.2) is 0 Å². The molecule has 0 N–H and O–H groups in total. The van der Waals surface area contributed by atoms with Crippen molar-refractivity contribution in [2.75, 3.05) is 0 Å². The first-order chi connectivity index (χ1) is 11.8. The van der Waals surface area contributed by atoms with Gasteiger partial charge >= 0.3 is 0 Å². The maximum absolute atomic E-state index is 13.4. The van der Waals surface area contributed by atoms with Crippen molar-refractivity contribution in [1.29, 1.82) is 0 Å². The Kier molecular flexibility index (Phi) is 3.88. The molecule has 132 valence electrons. The number of hydrogen-bond donors (Lipinski definition) is 0. The molecule has 1 heterocycles. The highest BCUT2D eigenvalue weighted by molar-refractivity contribution is 7.99. The second-order valence-corrected chi connectivity index (χ2v) is 9.69. The highest BCUT2D eigenvalue weighted by atomic mass is 32.3. The van der Waals surface area contributed by atoms with Gasteiger partial charge in [0.2, 0.25) is 0 Å². The van der Waals surface area contributed by atoms with E-state index in [2.05, 4.69) is 0 Å². The van der Waals surface area contributed by atoms with E-state index in [-0.39, 0.29) is 4.90 Å². The molecule has 3 atom stereocenters. The van der Waals surface area contributed by atoms with Crippen LogP contribution in [0.4, 0.5) is 0 Å². The maximum atomic E-state index is 13.4. The van der Waals surface area contributed by atoms with Crippen LogP contribution in [0.15, 0.2) is 41.3 Å². The van der Waals surface area contributed by atoms with Gasteiger partial charge in [0.25, 0.3) is 21.3 Å². The second-order valence-electron chi connectivity index (χ2n) is 6.69. The Morgan fingerprint density at radius 1 is 1.12 bits per heavy atom. The Morgan fingerprint density at radius 2 is 1.76 bits per heavy atom. The summed E-state index contributed by atoms with van der Waals surface area (Å²) < 4.78 is 45.9. The molecule has 2 aliphatic rings. The second kappa shape index (κ2) is 5.74. The summed E-state index contributed by atoms with van der Waals surface area (Å²) in [6.45, 7) is 5.47. The van der Waals surface area contributed by atoms with Gasteiger partial charge in [0.1, 0.15) is 6.10 Å². The molecule has 1 aliphatic carbocycles. The van der Waals surface area contributed by atoms with Crippen molar-refractivity contribution >= 4 is 21.3 Å². The largest absolute Gasteiger partial charge is 0.272 e. The lowest BCUT2D eigenvalue weighted by Gasteiger charge is -2.22. The van der Waals surface area contributed by atoms with Crippen molar-refractivity contribution < 1.29 is 16.8 Å². The van der Waals surface area contributed by atoms with E-state index in [4.69, 9.17) is 4.18 Å². The summed E-state index contributed by atoms with van der Waals surface area (Å²) in [5.41, 5.74) is 4.24. The first kappa shape index (κ1) is 16.9. The van der Waals surface area contributed by atoms with E-state index < -0.39 is 33.4 Å². The summed E-state index contributed by atoms with van der Waals surface area (Å²) in [4.78, 5) is 0.222. The highest BCUT2D eigenvalue weighted by Gasteiger charge is 2.53. The third kappa shape index (κ3) is 2.49. The van der Waals surface area contributed by atoms with E-state index in [1.807, 2.05) is 43.3 Å². The van der Waals surface area contributed by atoms with Crippen LogP contribution in [-0.4, -0.2) is 22.4 Å². The minimum atomic E-state index is -3.95. The molecule has 0 radical (unpaired) electrons. The van der Waals surface area contributed by atoms with Gasteiger partial charge in [-0.2, -0.15) is 0 Å². The van der Waals surface area contributed by atoms with Gasteiger partial charge in [-0.3, -0.25) is 4.18 Å². The van der Waals surface area contributed by atoms with Gasteiger partial charge in [-0.25, -0.2) is 12.6 Å². The van der Waals surface area contributed by atoms with Crippen LogP contribution >= 0.6 is 0 Å². The molecule has 5 nitrogen and oxygen atoms in total. The van der Waals surface area contributed by atoms with Crippen LogP contribution in [0.1, 0.15) is 33.9 Å². The molecular weight excluding hydrogens is 358 g/mol. The van der Waals surface area contributed by atoms with Crippen LogP contribution in [0, 0.1) is 20.8 Å². The molecule has 2 unspecified atom stereocenters. The number of nitrogens with zero attached hydrogens (tertiary/aromatic N) is 1. The average Bonchev–Trinajstić information content (AvgIpc) is 2.99. The van der Waals surface area contributed by atoms with Crippen LogP contribution in [0.25, 0.3) is 0 Å². The van der Waals surface area contributed by atoms with Gasteiger partial charge in [0.05, 0.1) is 10.9 Å². The Labute approximate surface area is 150 Å². The Balaban J connectivity index is 1.88. The van der Waals surface area contributed by atoms with Crippen molar-refractivity contribution in [1.82, 2.24) is 3.71 Å². The lowest BCUT2D eigenvalue weighted by Crippen LogP contribution is -2.33. The normalized spacial score (nSPS) is 25.8. The molecule has 0 aromatic heterocycles. The van der Waals surface area contributed by atoms with Gasteiger partial charge in [-0.1, -0.05) is 45.7 Å².